The van der Waals surface area contributed by atoms with Crippen molar-refractivity contribution in [1.29, 1.82) is 0 Å². The molecule has 1 aliphatic heterocycles. The smallest absolute Gasteiger partial charge is 0.0642 e. The molecule has 4 heteroatoms. The molecule has 0 saturated carbocycles. The van der Waals surface area contributed by atoms with Gasteiger partial charge in [-0.15, -0.1) is 0 Å². The van der Waals surface area contributed by atoms with Crippen molar-refractivity contribution in [2.24, 2.45) is 0 Å². The Labute approximate surface area is 105 Å². The summed E-state index contributed by atoms with van der Waals surface area (Å²) in [6.45, 7) is 5.54. The average molecular weight is 285 g/mol. The van der Waals surface area contributed by atoms with Crippen LogP contribution >= 0.6 is 15.9 Å². The number of halogens is 1. The van der Waals surface area contributed by atoms with Crippen LogP contribution in [0.2, 0.25) is 0 Å². The van der Waals surface area contributed by atoms with Crippen LogP contribution < -0.4 is 10.6 Å². The highest BCUT2D eigenvalue weighted by Gasteiger charge is 2.15. The van der Waals surface area contributed by atoms with E-state index in [1.807, 2.05) is 0 Å². The standard InChI is InChI=1S/C12H17BrN2O/c1-2-9-7-10(13)8-11(12(9)14)15-3-5-16-6-4-15/h7-8H,2-6,14H2,1H3. The Balaban J connectivity index is 2.34. The molecule has 1 aromatic rings. The van der Waals surface area contributed by atoms with E-state index in [0.29, 0.717) is 0 Å². The minimum atomic E-state index is 0.785. The summed E-state index contributed by atoms with van der Waals surface area (Å²) in [5.41, 5.74) is 9.44. The van der Waals surface area contributed by atoms with Crippen LogP contribution in [0.1, 0.15) is 12.5 Å². The average Bonchev–Trinajstić information content (AvgIpc) is 2.33. The van der Waals surface area contributed by atoms with Crippen molar-refractivity contribution >= 4 is 27.3 Å². The number of ether oxygens (including phenoxy) is 1. The van der Waals surface area contributed by atoms with Crippen LogP contribution in [0, 0.1) is 0 Å². The lowest BCUT2D eigenvalue weighted by atomic mass is 10.1. The zero-order valence-electron chi connectivity index (χ0n) is 9.50. The third-order valence-corrected chi connectivity index (χ3v) is 3.40. The fourth-order valence-corrected chi connectivity index (χ4v) is 2.51. The molecule has 1 heterocycles. The van der Waals surface area contributed by atoms with Crippen LogP contribution in [0.5, 0.6) is 0 Å². The molecule has 0 aromatic heterocycles. The Hall–Kier alpha value is -0.740. The number of morpholine rings is 1. The number of nitrogen functional groups attached to an aromatic ring is 1. The second-order valence-electron chi connectivity index (χ2n) is 3.95. The van der Waals surface area contributed by atoms with Gasteiger partial charge in [0.25, 0.3) is 0 Å². The molecule has 0 unspecified atom stereocenters. The third-order valence-electron chi connectivity index (χ3n) is 2.94. The fourth-order valence-electron chi connectivity index (χ4n) is 2.02. The molecular formula is C12H17BrN2O. The molecule has 0 aliphatic carbocycles. The van der Waals surface area contributed by atoms with Gasteiger partial charge in [-0.1, -0.05) is 22.9 Å². The summed E-state index contributed by atoms with van der Waals surface area (Å²) in [5.74, 6) is 0. The molecule has 1 fully saturated rings. The zero-order valence-corrected chi connectivity index (χ0v) is 11.1. The fraction of sp³-hybridized carbons (Fsp3) is 0.500. The molecule has 2 N–H and O–H groups in total. The molecule has 88 valence electrons. The topological polar surface area (TPSA) is 38.5 Å². The number of hydrogen-bond acceptors (Lipinski definition) is 3. The van der Waals surface area contributed by atoms with Gasteiger partial charge in [0.15, 0.2) is 0 Å². The minimum Gasteiger partial charge on any atom is -0.397 e. The second-order valence-corrected chi connectivity index (χ2v) is 4.87. The van der Waals surface area contributed by atoms with E-state index >= 15 is 0 Å². The van der Waals surface area contributed by atoms with Gasteiger partial charge in [-0.2, -0.15) is 0 Å². The third kappa shape index (κ3) is 2.33. The molecule has 0 amide bonds. The van der Waals surface area contributed by atoms with Gasteiger partial charge in [0.1, 0.15) is 0 Å². The van der Waals surface area contributed by atoms with E-state index in [1.165, 1.54) is 5.56 Å². The first-order valence-corrected chi connectivity index (χ1v) is 6.42. The van der Waals surface area contributed by atoms with E-state index in [1.54, 1.807) is 0 Å². The Bertz CT molecular complexity index is 376. The van der Waals surface area contributed by atoms with E-state index < -0.39 is 0 Å². The van der Waals surface area contributed by atoms with Gasteiger partial charge in [-0.3, -0.25) is 0 Å². The first-order valence-electron chi connectivity index (χ1n) is 5.63. The van der Waals surface area contributed by atoms with Gasteiger partial charge in [0, 0.05) is 17.6 Å². The maximum atomic E-state index is 6.19. The van der Waals surface area contributed by atoms with Gasteiger partial charge in [0.2, 0.25) is 0 Å². The Morgan fingerprint density at radius 3 is 2.69 bits per heavy atom. The first kappa shape index (κ1) is 11.7. The number of hydrogen-bond donors (Lipinski definition) is 1. The van der Waals surface area contributed by atoms with E-state index in [9.17, 15) is 0 Å². The predicted octanol–water partition coefficient (Wildman–Crippen LogP) is 2.43. The van der Waals surface area contributed by atoms with Crippen LogP contribution in [-0.4, -0.2) is 26.3 Å². The molecule has 2 rings (SSSR count). The molecule has 0 bridgehead atoms. The molecule has 0 radical (unpaired) electrons. The van der Waals surface area contributed by atoms with Crippen LogP contribution in [-0.2, 0) is 11.2 Å². The lowest BCUT2D eigenvalue weighted by Gasteiger charge is -2.30. The second kappa shape index (κ2) is 5.06. The lowest BCUT2D eigenvalue weighted by molar-refractivity contribution is 0.123. The summed E-state index contributed by atoms with van der Waals surface area (Å²) >= 11 is 3.54. The number of nitrogens with zero attached hydrogens (tertiary/aromatic N) is 1. The molecule has 1 aromatic carbocycles. The lowest BCUT2D eigenvalue weighted by Crippen LogP contribution is -2.36. The molecule has 0 spiro atoms. The van der Waals surface area contributed by atoms with E-state index in [-0.39, 0.29) is 0 Å². The number of nitrogens with two attached hydrogens (primary N) is 1. The van der Waals surface area contributed by atoms with Crippen molar-refractivity contribution in [3.63, 3.8) is 0 Å². The van der Waals surface area contributed by atoms with Crippen molar-refractivity contribution in [3.05, 3.63) is 22.2 Å². The summed E-state index contributed by atoms with van der Waals surface area (Å²) in [5, 5.41) is 0. The van der Waals surface area contributed by atoms with Crippen LogP contribution in [0.4, 0.5) is 11.4 Å². The highest BCUT2D eigenvalue weighted by molar-refractivity contribution is 9.10. The van der Waals surface area contributed by atoms with E-state index in [2.05, 4.69) is 39.9 Å². The minimum absolute atomic E-state index is 0.785. The number of rotatable bonds is 2. The van der Waals surface area contributed by atoms with E-state index in [4.69, 9.17) is 10.5 Å². The first-order chi connectivity index (χ1) is 7.72. The number of aryl methyl sites for hydroxylation is 1. The van der Waals surface area contributed by atoms with Crippen molar-refractivity contribution < 1.29 is 4.74 Å². The SMILES string of the molecule is CCc1cc(Br)cc(N2CCOCC2)c1N. The largest absolute Gasteiger partial charge is 0.397 e. The number of benzene rings is 1. The molecule has 3 nitrogen and oxygen atoms in total. The van der Waals surface area contributed by atoms with Crippen LogP contribution in [0.15, 0.2) is 16.6 Å². The highest BCUT2D eigenvalue weighted by atomic mass is 79.9. The quantitative estimate of drug-likeness (QED) is 0.848. The molecule has 1 saturated heterocycles. The van der Waals surface area contributed by atoms with Crippen molar-refractivity contribution in [1.82, 2.24) is 0 Å². The van der Waals surface area contributed by atoms with Gasteiger partial charge in [-0.05, 0) is 24.1 Å². The highest BCUT2D eigenvalue weighted by Crippen LogP contribution is 2.31. The van der Waals surface area contributed by atoms with E-state index in [0.717, 1.165) is 48.6 Å². The van der Waals surface area contributed by atoms with Gasteiger partial charge < -0.3 is 15.4 Å². The number of anilines is 2. The summed E-state index contributed by atoms with van der Waals surface area (Å²) < 4.78 is 6.45. The van der Waals surface area contributed by atoms with Gasteiger partial charge in [0.05, 0.1) is 24.6 Å². The molecule has 1 aliphatic rings. The Kier molecular flexibility index (Phi) is 3.71. The summed E-state index contributed by atoms with van der Waals surface area (Å²) in [6.07, 6.45) is 0.961. The van der Waals surface area contributed by atoms with Crippen LogP contribution in [0.25, 0.3) is 0 Å². The molecule has 16 heavy (non-hydrogen) atoms. The molecular weight excluding hydrogens is 268 g/mol. The van der Waals surface area contributed by atoms with Gasteiger partial charge >= 0.3 is 0 Å². The maximum absolute atomic E-state index is 6.19. The van der Waals surface area contributed by atoms with Crippen molar-refractivity contribution in [2.75, 3.05) is 36.9 Å². The Morgan fingerprint density at radius 2 is 2.06 bits per heavy atom. The molecule has 0 atom stereocenters. The summed E-state index contributed by atoms with van der Waals surface area (Å²) in [4.78, 5) is 2.29. The normalized spacial score (nSPS) is 16.5. The van der Waals surface area contributed by atoms with Crippen LogP contribution in [0.3, 0.4) is 0 Å². The monoisotopic (exact) mass is 284 g/mol. The maximum Gasteiger partial charge on any atom is 0.0642 e. The predicted molar refractivity (Wildman–Crippen MR) is 71.0 cm³/mol. The van der Waals surface area contributed by atoms with Crippen molar-refractivity contribution in [2.45, 2.75) is 13.3 Å². The van der Waals surface area contributed by atoms with Crippen molar-refractivity contribution in [3.8, 4) is 0 Å². The zero-order chi connectivity index (χ0) is 11.5. The summed E-state index contributed by atoms with van der Waals surface area (Å²) in [6, 6.07) is 4.19. The summed E-state index contributed by atoms with van der Waals surface area (Å²) in [7, 11) is 0. The van der Waals surface area contributed by atoms with Gasteiger partial charge in [-0.25, -0.2) is 0 Å². The Morgan fingerprint density at radius 1 is 1.38 bits per heavy atom.